The first-order valence-electron chi connectivity index (χ1n) is 15.2. The zero-order valence-corrected chi connectivity index (χ0v) is 26.4. The molecule has 0 bridgehead atoms. The Kier molecular flexibility index (Phi) is 12.4. The molecular formula is C31H50N4O3S2. The van der Waals surface area contributed by atoms with Crippen LogP contribution in [0.3, 0.4) is 0 Å². The molecule has 0 aromatic heterocycles. The minimum Gasteiger partial charge on any atom is -0.444 e. The van der Waals surface area contributed by atoms with Gasteiger partial charge in [-0.15, -0.1) is 11.8 Å². The van der Waals surface area contributed by atoms with Crippen molar-refractivity contribution in [3.8, 4) is 0 Å². The number of benzene rings is 1. The molecule has 2 heterocycles. The van der Waals surface area contributed by atoms with E-state index in [2.05, 4.69) is 45.9 Å². The molecule has 1 aromatic rings. The van der Waals surface area contributed by atoms with E-state index in [9.17, 15) is 9.59 Å². The Hall–Kier alpha value is -1.42. The number of piperidine rings is 1. The molecule has 0 spiro atoms. The van der Waals surface area contributed by atoms with Gasteiger partial charge in [0.15, 0.2) is 0 Å². The number of ether oxygens (including phenoxy) is 1. The van der Waals surface area contributed by atoms with Crippen molar-refractivity contribution in [2.24, 2.45) is 5.92 Å². The van der Waals surface area contributed by atoms with Crippen molar-refractivity contribution in [1.82, 2.24) is 20.4 Å². The van der Waals surface area contributed by atoms with Crippen LogP contribution in [-0.4, -0.2) is 88.3 Å². The van der Waals surface area contributed by atoms with Crippen LogP contribution >= 0.6 is 23.5 Å². The minimum atomic E-state index is -0.517. The second-order valence-corrected chi connectivity index (χ2v) is 14.7. The summed E-state index contributed by atoms with van der Waals surface area (Å²) >= 11 is 3.66. The standard InChI is InChI=1S/C31H50N4O3S2/c1-31(2,3)38-30(37)35-23-40-21-27(35)18-32-28(22-39-20-25-12-8-5-9-13-25)29(36)33-26-14-16-34(17-15-26)19-24-10-6-4-7-11-24/h4,6-7,10-11,25-28,32H,5,8-9,12-23H2,1-3H3,(H,33,36)/t27-,28+/m1/s1. The lowest BCUT2D eigenvalue weighted by molar-refractivity contribution is -0.123. The number of hydrogen-bond acceptors (Lipinski definition) is 7. The van der Waals surface area contributed by atoms with Gasteiger partial charge in [0.05, 0.1) is 18.0 Å². The molecule has 7 nitrogen and oxygen atoms in total. The first kappa shape index (κ1) is 31.5. The van der Waals surface area contributed by atoms with Crippen LogP contribution < -0.4 is 10.6 Å². The predicted octanol–water partition coefficient (Wildman–Crippen LogP) is 5.35. The molecule has 224 valence electrons. The van der Waals surface area contributed by atoms with Crippen LogP contribution in [0.1, 0.15) is 71.3 Å². The summed E-state index contributed by atoms with van der Waals surface area (Å²) in [5, 5.41) is 6.95. The quantitative estimate of drug-likeness (QED) is 0.360. The van der Waals surface area contributed by atoms with E-state index in [0.29, 0.717) is 12.4 Å². The average molecular weight is 591 g/mol. The largest absolute Gasteiger partial charge is 0.444 e. The topological polar surface area (TPSA) is 73.9 Å². The normalized spacial score (nSPS) is 22.3. The highest BCUT2D eigenvalue weighted by atomic mass is 32.2. The van der Waals surface area contributed by atoms with E-state index in [0.717, 1.165) is 55.7 Å². The first-order chi connectivity index (χ1) is 19.3. The second kappa shape index (κ2) is 15.7. The van der Waals surface area contributed by atoms with Gasteiger partial charge in [0.1, 0.15) is 5.60 Å². The number of amides is 2. The van der Waals surface area contributed by atoms with Crippen molar-refractivity contribution in [2.45, 2.75) is 96.0 Å². The third-order valence-electron chi connectivity index (χ3n) is 8.07. The summed E-state index contributed by atoms with van der Waals surface area (Å²) in [6.07, 6.45) is 8.39. The Balaban J connectivity index is 1.28. The lowest BCUT2D eigenvalue weighted by Crippen LogP contribution is -2.54. The minimum absolute atomic E-state index is 0.0275. The molecule has 0 unspecified atom stereocenters. The molecule has 2 aliphatic heterocycles. The maximum Gasteiger partial charge on any atom is 0.411 e. The number of carbonyl (C=O) groups excluding carboxylic acids is 2. The maximum atomic E-state index is 13.6. The van der Waals surface area contributed by atoms with Gasteiger partial charge in [-0.25, -0.2) is 4.79 Å². The van der Waals surface area contributed by atoms with Gasteiger partial charge in [-0.3, -0.25) is 14.6 Å². The lowest BCUT2D eigenvalue weighted by atomic mass is 9.91. The molecule has 1 aliphatic carbocycles. The lowest BCUT2D eigenvalue weighted by Gasteiger charge is -2.33. The highest BCUT2D eigenvalue weighted by Gasteiger charge is 2.34. The number of thioether (sulfide) groups is 2. The fourth-order valence-electron chi connectivity index (χ4n) is 5.76. The van der Waals surface area contributed by atoms with Gasteiger partial charge in [-0.1, -0.05) is 49.6 Å². The third-order valence-corrected chi connectivity index (χ3v) is 10.4. The molecule has 1 saturated carbocycles. The number of carbonyl (C=O) groups is 2. The number of nitrogens with zero attached hydrogens (tertiary/aromatic N) is 2. The van der Waals surface area contributed by atoms with E-state index in [4.69, 9.17) is 4.74 Å². The summed E-state index contributed by atoms with van der Waals surface area (Å²) in [5.74, 6) is 4.28. The van der Waals surface area contributed by atoms with Crippen LogP contribution in [-0.2, 0) is 16.1 Å². The van der Waals surface area contributed by atoms with E-state index in [1.165, 1.54) is 37.7 Å². The molecule has 2 atom stereocenters. The summed E-state index contributed by atoms with van der Waals surface area (Å²) < 4.78 is 5.64. The van der Waals surface area contributed by atoms with Crippen LogP contribution in [0.25, 0.3) is 0 Å². The highest BCUT2D eigenvalue weighted by molar-refractivity contribution is 7.99. The summed E-state index contributed by atoms with van der Waals surface area (Å²) in [4.78, 5) is 30.6. The number of rotatable bonds is 11. The first-order valence-corrected chi connectivity index (χ1v) is 17.5. The van der Waals surface area contributed by atoms with Crippen molar-refractivity contribution in [2.75, 3.05) is 42.8 Å². The number of hydrogen-bond donors (Lipinski definition) is 2. The Labute approximate surface area is 250 Å². The Morgan fingerprint density at radius 3 is 2.50 bits per heavy atom. The smallest absolute Gasteiger partial charge is 0.411 e. The second-order valence-electron chi connectivity index (χ2n) is 12.7. The number of nitrogens with one attached hydrogen (secondary N) is 2. The van der Waals surface area contributed by atoms with Crippen molar-refractivity contribution < 1.29 is 14.3 Å². The van der Waals surface area contributed by atoms with Gasteiger partial charge in [0, 0.05) is 43.7 Å². The third kappa shape index (κ3) is 10.4. The van der Waals surface area contributed by atoms with Crippen LogP contribution in [0.5, 0.6) is 0 Å². The molecule has 0 radical (unpaired) electrons. The van der Waals surface area contributed by atoms with Gasteiger partial charge in [-0.2, -0.15) is 11.8 Å². The van der Waals surface area contributed by atoms with Gasteiger partial charge in [-0.05, 0) is 63.7 Å². The van der Waals surface area contributed by atoms with Crippen molar-refractivity contribution >= 4 is 35.5 Å². The fraction of sp³-hybridized carbons (Fsp3) is 0.742. The van der Waals surface area contributed by atoms with E-state index in [1.54, 1.807) is 11.8 Å². The van der Waals surface area contributed by atoms with Gasteiger partial charge in [0.25, 0.3) is 0 Å². The van der Waals surface area contributed by atoms with E-state index >= 15 is 0 Å². The summed E-state index contributed by atoms with van der Waals surface area (Å²) in [7, 11) is 0. The summed E-state index contributed by atoms with van der Waals surface area (Å²) in [6, 6.07) is 10.6. The zero-order valence-electron chi connectivity index (χ0n) is 24.7. The summed E-state index contributed by atoms with van der Waals surface area (Å²) in [6.45, 7) is 9.27. The van der Waals surface area contributed by atoms with E-state index in [-0.39, 0.29) is 30.1 Å². The average Bonchev–Trinajstić information content (AvgIpc) is 3.41. The van der Waals surface area contributed by atoms with E-state index in [1.807, 2.05) is 37.4 Å². The molecule has 2 amide bonds. The Morgan fingerprint density at radius 2 is 1.80 bits per heavy atom. The number of likely N-dealkylation sites (tertiary alicyclic amines) is 1. The monoisotopic (exact) mass is 590 g/mol. The summed E-state index contributed by atoms with van der Waals surface area (Å²) in [5.41, 5.74) is 0.826. The molecule has 40 heavy (non-hydrogen) atoms. The van der Waals surface area contributed by atoms with Crippen LogP contribution in [0.2, 0.25) is 0 Å². The van der Waals surface area contributed by atoms with Gasteiger partial charge >= 0.3 is 6.09 Å². The van der Waals surface area contributed by atoms with Gasteiger partial charge < -0.3 is 15.4 Å². The fourth-order valence-corrected chi connectivity index (χ4v) is 8.26. The molecule has 2 N–H and O–H groups in total. The van der Waals surface area contributed by atoms with Crippen molar-refractivity contribution in [3.05, 3.63) is 35.9 Å². The van der Waals surface area contributed by atoms with Crippen LogP contribution in [0, 0.1) is 5.92 Å². The highest BCUT2D eigenvalue weighted by Crippen LogP contribution is 2.27. The molecular weight excluding hydrogens is 541 g/mol. The zero-order chi connectivity index (χ0) is 28.4. The van der Waals surface area contributed by atoms with Gasteiger partial charge in [0.2, 0.25) is 5.91 Å². The van der Waals surface area contributed by atoms with Crippen LogP contribution in [0.4, 0.5) is 4.79 Å². The Morgan fingerprint density at radius 1 is 1.07 bits per heavy atom. The molecule has 4 rings (SSSR count). The maximum absolute atomic E-state index is 13.6. The SMILES string of the molecule is CC(C)(C)OC(=O)N1CSC[C@H]1CN[C@@H](CSCC1CCCCC1)C(=O)NC1CCN(Cc2ccccc2)CC1. The van der Waals surface area contributed by atoms with Crippen LogP contribution in [0.15, 0.2) is 30.3 Å². The van der Waals surface area contributed by atoms with Crippen molar-refractivity contribution in [3.63, 3.8) is 0 Å². The molecule has 1 aromatic carbocycles. The van der Waals surface area contributed by atoms with Crippen molar-refractivity contribution in [1.29, 1.82) is 0 Å². The molecule has 9 heteroatoms. The predicted molar refractivity (Wildman–Crippen MR) is 168 cm³/mol. The molecule has 3 aliphatic rings. The molecule has 3 fully saturated rings. The Bertz CT molecular complexity index is 915. The van der Waals surface area contributed by atoms with E-state index < -0.39 is 5.60 Å². The molecule has 2 saturated heterocycles.